The molecule has 1 saturated heterocycles. The highest BCUT2D eigenvalue weighted by molar-refractivity contribution is 7.89. The predicted molar refractivity (Wildman–Crippen MR) is 119 cm³/mol. The van der Waals surface area contributed by atoms with Crippen LogP contribution >= 0.6 is 12.2 Å². The topological polar surface area (TPSA) is 74.2 Å². The molecule has 168 valence electrons. The van der Waals surface area contributed by atoms with Gasteiger partial charge in [0.25, 0.3) is 0 Å². The molecule has 0 spiro atoms. The number of benzene rings is 2. The average Bonchev–Trinajstić information content (AvgIpc) is 3.14. The van der Waals surface area contributed by atoms with Gasteiger partial charge in [0, 0.05) is 26.2 Å². The van der Waals surface area contributed by atoms with Gasteiger partial charge >= 0.3 is 0 Å². The molecule has 1 N–H and O–H groups in total. The van der Waals surface area contributed by atoms with Crippen LogP contribution in [0, 0.1) is 16.4 Å². The van der Waals surface area contributed by atoms with Crippen molar-refractivity contribution in [3.05, 3.63) is 76.3 Å². The van der Waals surface area contributed by atoms with Crippen molar-refractivity contribution in [2.75, 3.05) is 26.2 Å². The van der Waals surface area contributed by atoms with Crippen LogP contribution in [0.1, 0.15) is 11.4 Å². The fourth-order valence-corrected chi connectivity index (χ4v) is 5.02. The van der Waals surface area contributed by atoms with Gasteiger partial charge in [-0.05, 0) is 42.1 Å². The van der Waals surface area contributed by atoms with Crippen LogP contribution in [0.2, 0.25) is 0 Å². The summed E-state index contributed by atoms with van der Waals surface area (Å²) in [4.78, 5) is 6.12. The Labute approximate surface area is 189 Å². The zero-order valence-electron chi connectivity index (χ0n) is 17.0. The number of hydrogen-bond acceptors (Lipinski definition) is 5. The minimum absolute atomic E-state index is 0.226. The first-order valence-corrected chi connectivity index (χ1v) is 11.8. The molecular formula is C21H21F2N5O2S2. The number of H-pyrrole nitrogens is 1. The van der Waals surface area contributed by atoms with Crippen molar-refractivity contribution < 1.29 is 17.2 Å². The lowest BCUT2D eigenvalue weighted by molar-refractivity contribution is 0.144. The Morgan fingerprint density at radius 1 is 1.00 bits per heavy atom. The molecule has 0 bridgehead atoms. The Morgan fingerprint density at radius 3 is 2.41 bits per heavy atom. The van der Waals surface area contributed by atoms with E-state index in [1.165, 1.54) is 4.31 Å². The monoisotopic (exact) mass is 477 g/mol. The summed E-state index contributed by atoms with van der Waals surface area (Å²) in [7, 11) is -3.89. The van der Waals surface area contributed by atoms with Crippen LogP contribution in [0.3, 0.4) is 0 Å². The highest BCUT2D eigenvalue weighted by Crippen LogP contribution is 2.20. The fourth-order valence-electron chi connectivity index (χ4n) is 3.38. The molecule has 0 saturated carbocycles. The van der Waals surface area contributed by atoms with Crippen molar-refractivity contribution in [3.63, 3.8) is 0 Å². The molecule has 0 aliphatic carbocycles. The molecule has 32 heavy (non-hydrogen) atoms. The molecule has 0 amide bonds. The number of nitrogens with one attached hydrogen (secondary N) is 1. The van der Waals surface area contributed by atoms with Gasteiger partial charge in [-0.25, -0.2) is 21.9 Å². The first-order valence-electron chi connectivity index (χ1n) is 9.90. The number of sulfonamides is 1. The molecule has 3 aromatic rings. The van der Waals surface area contributed by atoms with E-state index in [1.807, 2.05) is 47.4 Å². The summed E-state index contributed by atoms with van der Waals surface area (Å²) in [6, 6.07) is 12.4. The van der Waals surface area contributed by atoms with Crippen molar-refractivity contribution in [2.24, 2.45) is 0 Å². The van der Waals surface area contributed by atoms with Gasteiger partial charge in [-0.15, -0.1) is 0 Å². The molecule has 2 aromatic carbocycles. The van der Waals surface area contributed by atoms with Crippen LogP contribution in [0.4, 0.5) is 8.78 Å². The second-order valence-electron chi connectivity index (χ2n) is 7.30. The van der Waals surface area contributed by atoms with Gasteiger partial charge in [-0.3, -0.25) is 10.00 Å². The summed E-state index contributed by atoms with van der Waals surface area (Å²) in [5.74, 6) is -1.64. The van der Waals surface area contributed by atoms with Crippen LogP contribution in [0.5, 0.6) is 0 Å². The van der Waals surface area contributed by atoms with Crippen LogP contribution in [-0.2, 0) is 16.7 Å². The van der Waals surface area contributed by atoms with Gasteiger partial charge < -0.3 is 0 Å². The maximum Gasteiger partial charge on any atom is 0.243 e. The number of hydrogen-bond donors (Lipinski definition) is 1. The lowest BCUT2D eigenvalue weighted by Gasteiger charge is -2.33. The minimum atomic E-state index is -3.89. The number of piperazine rings is 1. The zero-order valence-corrected chi connectivity index (χ0v) is 18.6. The molecule has 11 heteroatoms. The van der Waals surface area contributed by atoms with Gasteiger partial charge in [0.15, 0.2) is 11.6 Å². The molecule has 2 heterocycles. The smallest absolute Gasteiger partial charge is 0.243 e. The van der Waals surface area contributed by atoms with E-state index in [2.05, 4.69) is 10.1 Å². The number of aromatic amines is 1. The molecule has 0 radical (unpaired) electrons. The van der Waals surface area contributed by atoms with E-state index < -0.39 is 21.7 Å². The normalized spacial score (nSPS) is 16.1. The maximum atomic E-state index is 13.5. The number of aromatic nitrogens is 3. The van der Waals surface area contributed by atoms with Crippen LogP contribution < -0.4 is 0 Å². The largest absolute Gasteiger partial charge is 0.282 e. The molecule has 0 atom stereocenters. The maximum absolute atomic E-state index is 13.5. The third kappa shape index (κ3) is 5.01. The highest BCUT2D eigenvalue weighted by atomic mass is 32.2. The third-order valence-electron chi connectivity index (χ3n) is 5.13. The summed E-state index contributed by atoms with van der Waals surface area (Å²) < 4.78 is 55.5. The first-order chi connectivity index (χ1) is 15.3. The summed E-state index contributed by atoms with van der Waals surface area (Å²) >= 11 is 5.33. The second-order valence-corrected chi connectivity index (χ2v) is 9.61. The summed E-state index contributed by atoms with van der Waals surface area (Å²) in [6.07, 6.45) is 3.77. The molecule has 1 aromatic heterocycles. The highest BCUT2D eigenvalue weighted by Gasteiger charge is 2.29. The van der Waals surface area contributed by atoms with Crippen molar-refractivity contribution in [2.45, 2.75) is 11.6 Å². The lowest BCUT2D eigenvalue weighted by Crippen LogP contribution is -2.48. The summed E-state index contributed by atoms with van der Waals surface area (Å²) in [6.45, 7) is 1.80. The molecular weight excluding hydrogens is 456 g/mol. The Balaban J connectivity index is 1.38. The Hall–Kier alpha value is -2.73. The fraction of sp³-hybridized carbons (Fsp3) is 0.238. The van der Waals surface area contributed by atoms with E-state index in [1.54, 1.807) is 4.68 Å². The van der Waals surface area contributed by atoms with E-state index in [9.17, 15) is 17.2 Å². The van der Waals surface area contributed by atoms with E-state index in [0.717, 1.165) is 17.7 Å². The molecule has 1 fully saturated rings. The van der Waals surface area contributed by atoms with Crippen molar-refractivity contribution in [1.82, 2.24) is 24.0 Å². The number of halogens is 2. The van der Waals surface area contributed by atoms with E-state index in [4.69, 9.17) is 12.2 Å². The molecule has 1 aliphatic heterocycles. The molecule has 0 unspecified atom stereocenters. The SMILES string of the molecule is O=S(=O)(c1ccc(F)c(F)c1)N1CCN(Cn2[nH]c(/C=C/c3ccccc3)nc2=S)CC1. The van der Waals surface area contributed by atoms with E-state index in [-0.39, 0.29) is 18.0 Å². The Kier molecular flexibility index (Phi) is 6.60. The van der Waals surface area contributed by atoms with E-state index >= 15 is 0 Å². The zero-order chi connectivity index (χ0) is 22.7. The van der Waals surface area contributed by atoms with Gasteiger partial charge in [-0.1, -0.05) is 36.4 Å². The van der Waals surface area contributed by atoms with Gasteiger partial charge in [0.1, 0.15) is 5.82 Å². The minimum Gasteiger partial charge on any atom is -0.282 e. The Bertz CT molecular complexity index is 1280. The first kappa shape index (κ1) is 22.5. The van der Waals surface area contributed by atoms with Crippen LogP contribution in [-0.4, -0.2) is 58.6 Å². The molecule has 7 nitrogen and oxygen atoms in total. The average molecular weight is 478 g/mol. The molecule has 1 aliphatic rings. The van der Waals surface area contributed by atoms with Gasteiger partial charge in [0.05, 0.1) is 11.6 Å². The van der Waals surface area contributed by atoms with Crippen LogP contribution in [0.25, 0.3) is 12.2 Å². The van der Waals surface area contributed by atoms with Gasteiger partial charge in [-0.2, -0.15) is 9.29 Å². The third-order valence-corrected chi connectivity index (χ3v) is 7.34. The summed E-state index contributed by atoms with van der Waals surface area (Å²) in [5.41, 5.74) is 1.04. The quantitative estimate of drug-likeness (QED) is 0.551. The standard InChI is InChI=1S/C21H21F2N5O2S2/c22-18-8-7-17(14-19(18)23)32(29,30)27-12-10-26(11-13-27)15-28-21(31)24-20(25-28)9-6-16-4-2-1-3-5-16/h1-9,14H,10-13,15H2,(H,24,25,31)/b9-6+. The van der Waals surface area contributed by atoms with E-state index in [0.29, 0.717) is 36.4 Å². The second kappa shape index (κ2) is 9.41. The van der Waals surface area contributed by atoms with Gasteiger partial charge in [0.2, 0.25) is 14.8 Å². The summed E-state index contributed by atoms with van der Waals surface area (Å²) in [5, 5.41) is 3.14. The number of rotatable bonds is 6. The van der Waals surface area contributed by atoms with Crippen molar-refractivity contribution in [3.8, 4) is 0 Å². The molecule has 4 rings (SSSR count). The lowest BCUT2D eigenvalue weighted by atomic mass is 10.2. The number of nitrogens with zero attached hydrogens (tertiary/aromatic N) is 4. The Morgan fingerprint density at radius 2 is 1.72 bits per heavy atom. The van der Waals surface area contributed by atoms with Crippen LogP contribution in [0.15, 0.2) is 53.4 Å². The predicted octanol–water partition coefficient (Wildman–Crippen LogP) is 3.35. The van der Waals surface area contributed by atoms with Crippen molar-refractivity contribution >= 4 is 34.4 Å². The van der Waals surface area contributed by atoms with Crippen molar-refractivity contribution in [1.29, 1.82) is 0 Å².